The molecule has 1 saturated heterocycles. The molecule has 2 fully saturated rings. The first-order valence-corrected chi connectivity index (χ1v) is 9.37. The molecule has 10 nitrogen and oxygen atoms in total. The summed E-state index contributed by atoms with van der Waals surface area (Å²) < 4.78 is 4.96. The number of non-ortho nitro benzene ring substituents is 1. The number of anilines is 1. The number of nitrogens with zero attached hydrogens (tertiary/aromatic N) is 2. The molecule has 29 heavy (non-hydrogen) atoms. The van der Waals surface area contributed by atoms with Gasteiger partial charge in [0.1, 0.15) is 6.04 Å². The average Bonchev–Trinajstić information content (AvgIpc) is 2.96. The molecular weight excluding hydrogens is 382 g/mol. The molecule has 0 radical (unpaired) electrons. The Morgan fingerprint density at radius 2 is 1.72 bits per heavy atom. The van der Waals surface area contributed by atoms with E-state index in [0.717, 1.165) is 17.7 Å². The third-order valence-corrected chi connectivity index (χ3v) is 5.31. The Morgan fingerprint density at radius 1 is 1.17 bits per heavy atom. The lowest BCUT2D eigenvalue weighted by Crippen LogP contribution is -2.45. The van der Waals surface area contributed by atoms with Crippen molar-refractivity contribution in [3.63, 3.8) is 0 Å². The number of carbonyl (C=O) groups is 4. The highest BCUT2D eigenvalue weighted by atomic mass is 16.6. The summed E-state index contributed by atoms with van der Waals surface area (Å²) in [7, 11) is 0. The second kappa shape index (κ2) is 8.38. The fourth-order valence-electron chi connectivity index (χ4n) is 3.80. The van der Waals surface area contributed by atoms with Crippen LogP contribution in [0.15, 0.2) is 24.3 Å². The number of benzene rings is 1. The maximum absolute atomic E-state index is 12.5. The van der Waals surface area contributed by atoms with E-state index >= 15 is 0 Å². The van der Waals surface area contributed by atoms with Crippen molar-refractivity contribution >= 4 is 35.1 Å². The number of likely N-dealkylation sites (tertiary alicyclic amines) is 1. The molecule has 1 aromatic carbocycles. The second-order valence-corrected chi connectivity index (χ2v) is 7.18. The summed E-state index contributed by atoms with van der Waals surface area (Å²) in [5, 5.41) is 13.1. The maximum atomic E-state index is 12.5. The molecule has 0 unspecified atom stereocenters. The zero-order chi connectivity index (χ0) is 21.1. The van der Waals surface area contributed by atoms with Crippen LogP contribution in [0.3, 0.4) is 0 Å². The SMILES string of the molecule is C[C@@H](C(=O)OCC(=O)Nc1ccc([N+](=O)[O-])cc1)N1C(=O)[C@H]2CCCC[C@@H]2C1=O. The average molecular weight is 403 g/mol. The molecule has 2 aliphatic rings. The highest BCUT2D eigenvalue weighted by Gasteiger charge is 2.51. The zero-order valence-corrected chi connectivity index (χ0v) is 15.8. The minimum Gasteiger partial charge on any atom is -0.454 e. The number of imide groups is 1. The Hall–Kier alpha value is -3.30. The summed E-state index contributed by atoms with van der Waals surface area (Å²) in [4.78, 5) is 60.3. The van der Waals surface area contributed by atoms with Gasteiger partial charge in [0.25, 0.3) is 11.6 Å². The molecule has 0 aromatic heterocycles. The van der Waals surface area contributed by atoms with Gasteiger partial charge in [-0.2, -0.15) is 0 Å². The van der Waals surface area contributed by atoms with Crippen LogP contribution in [0.2, 0.25) is 0 Å². The topological polar surface area (TPSA) is 136 Å². The van der Waals surface area contributed by atoms with E-state index in [1.165, 1.54) is 31.2 Å². The number of hydrogen-bond donors (Lipinski definition) is 1. The van der Waals surface area contributed by atoms with Crippen LogP contribution in [-0.2, 0) is 23.9 Å². The van der Waals surface area contributed by atoms with Gasteiger partial charge in [-0.05, 0) is 31.9 Å². The van der Waals surface area contributed by atoms with Gasteiger partial charge in [0, 0.05) is 17.8 Å². The van der Waals surface area contributed by atoms with Gasteiger partial charge in [-0.3, -0.25) is 29.4 Å². The van der Waals surface area contributed by atoms with Crippen molar-refractivity contribution in [2.75, 3.05) is 11.9 Å². The van der Waals surface area contributed by atoms with Crippen LogP contribution in [0.5, 0.6) is 0 Å². The molecule has 154 valence electrons. The second-order valence-electron chi connectivity index (χ2n) is 7.18. The number of fused-ring (bicyclic) bond motifs is 1. The van der Waals surface area contributed by atoms with Crippen LogP contribution in [0.1, 0.15) is 32.6 Å². The third-order valence-electron chi connectivity index (χ3n) is 5.31. The summed E-state index contributed by atoms with van der Waals surface area (Å²) in [6, 6.07) is 4.06. The van der Waals surface area contributed by atoms with Crippen molar-refractivity contribution in [2.24, 2.45) is 11.8 Å². The summed E-state index contributed by atoms with van der Waals surface area (Å²) >= 11 is 0. The Bertz CT molecular complexity index is 828. The van der Waals surface area contributed by atoms with Crippen molar-refractivity contribution < 1.29 is 28.8 Å². The van der Waals surface area contributed by atoms with E-state index in [1.807, 2.05) is 0 Å². The molecule has 1 heterocycles. The van der Waals surface area contributed by atoms with Crippen LogP contribution < -0.4 is 5.32 Å². The van der Waals surface area contributed by atoms with Gasteiger partial charge in [-0.15, -0.1) is 0 Å². The maximum Gasteiger partial charge on any atom is 0.329 e. The van der Waals surface area contributed by atoms with Crippen molar-refractivity contribution in [3.8, 4) is 0 Å². The quantitative estimate of drug-likeness (QED) is 0.330. The number of rotatable bonds is 6. The predicted molar refractivity (Wildman–Crippen MR) is 99.4 cm³/mol. The predicted octanol–water partition coefficient (Wildman–Crippen LogP) is 1.64. The number of ether oxygens (including phenoxy) is 1. The van der Waals surface area contributed by atoms with Crippen LogP contribution in [0.25, 0.3) is 0 Å². The monoisotopic (exact) mass is 403 g/mol. The lowest BCUT2D eigenvalue weighted by atomic mass is 9.81. The standard InChI is InChI=1S/C19H21N3O7/c1-11(21-17(24)14-4-2-3-5-15(14)18(21)25)19(26)29-10-16(23)20-12-6-8-13(9-7-12)22(27)28/h6-9,11,14-15H,2-5,10H2,1H3,(H,20,23)/t11-,14-,15-/m0/s1. The largest absolute Gasteiger partial charge is 0.454 e. The van der Waals surface area contributed by atoms with Gasteiger partial charge >= 0.3 is 5.97 Å². The van der Waals surface area contributed by atoms with Gasteiger partial charge in [-0.1, -0.05) is 12.8 Å². The third kappa shape index (κ3) is 4.25. The van der Waals surface area contributed by atoms with Gasteiger partial charge in [0.2, 0.25) is 11.8 Å². The Labute approximate surface area is 166 Å². The zero-order valence-electron chi connectivity index (χ0n) is 15.8. The first kappa shape index (κ1) is 20.4. The van der Waals surface area contributed by atoms with Crippen molar-refractivity contribution in [3.05, 3.63) is 34.4 Å². The molecule has 0 bridgehead atoms. The number of nitro groups is 1. The molecule has 1 saturated carbocycles. The van der Waals surface area contributed by atoms with Crippen LogP contribution >= 0.6 is 0 Å². The van der Waals surface area contributed by atoms with Crippen LogP contribution in [0, 0.1) is 22.0 Å². The number of esters is 1. The van der Waals surface area contributed by atoms with E-state index in [9.17, 15) is 29.3 Å². The van der Waals surface area contributed by atoms with E-state index in [0.29, 0.717) is 18.5 Å². The van der Waals surface area contributed by atoms with Crippen molar-refractivity contribution in [2.45, 2.75) is 38.6 Å². The minimum absolute atomic E-state index is 0.122. The molecule has 0 spiro atoms. The number of nitrogens with one attached hydrogen (secondary N) is 1. The van der Waals surface area contributed by atoms with Crippen molar-refractivity contribution in [1.82, 2.24) is 4.90 Å². The minimum atomic E-state index is -1.10. The van der Waals surface area contributed by atoms with E-state index in [4.69, 9.17) is 4.74 Å². The molecule has 3 rings (SSSR count). The molecule has 1 aliphatic carbocycles. The van der Waals surface area contributed by atoms with Gasteiger partial charge in [0.15, 0.2) is 6.61 Å². The molecule has 3 amide bonds. The lowest BCUT2D eigenvalue weighted by Gasteiger charge is -2.21. The molecule has 10 heteroatoms. The fourth-order valence-corrected chi connectivity index (χ4v) is 3.80. The van der Waals surface area contributed by atoms with Gasteiger partial charge < -0.3 is 10.1 Å². The normalized spacial score (nSPS) is 22.0. The molecule has 1 aromatic rings. The number of amides is 3. The van der Waals surface area contributed by atoms with Crippen molar-refractivity contribution in [1.29, 1.82) is 0 Å². The summed E-state index contributed by atoms with van der Waals surface area (Å²) in [5.74, 6) is -2.91. The summed E-state index contributed by atoms with van der Waals surface area (Å²) in [6.45, 7) is 0.799. The lowest BCUT2D eigenvalue weighted by molar-refractivity contribution is -0.384. The van der Waals surface area contributed by atoms with E-state index in [2.05, 4.69) is 5.32 Å². The Kier molecular flexibility index (Phi) is 5.90. The summed E-state index contributed by atoms with van der Waals surface area (Å²) in [5.41, 5.74) is 0.183. The first-order chi connectivity index (χ1) is 13.8. The Balaban J connectivity index is 1.53. The van der Waals surface area contributed by atoms with E-state index in [-0.39, 0.29) is 29.3 Å². The number of carbonyl (C=O) groups excluding carboxylic acids is 4. The number of hydrogen-bond acceptors (Lipinski definition) is 7. The summed E-state index contributed by atoms with van der Waals surface area (Å²) in [6.07, 6.45) is 3.06. The smallest absolute Gasteiger partial charge is 0.329 e. The van der Waals surface area contributed by atoms with Crippen LogP contribution in [0.4, 0.5) is 11.4 Å². The van der Waals surface area contributed by atoms with Gasteiger partial charge in [-0.25, -0.2) is 4.79 Å². The first-order valence-electron chi connectivity index (χ1n) is 9.37. The Morgan fingerprint density at radius 3 is 2.24 bits per heavy atom. The molecule has 1 aliphatic heterocycles. The molecular formula is C19H21N3O7. The highest BCUT2D eigenvalue weighted by molar-refractivity contribution is 6.08. The van der Waals surface area contributed by atoms with E-state index < -0.39 is 29.4 Å². The number of nitro benzene ring substituents is 1. The van der Waals surface area contributed by atoms with Gasteiger partial charge in [0.05, 0.1) is 16.8 Å². The fraction of sp³-hybridized carbons (Fsp3) is 0.474. The highest BCUT2D eigenvalue weighted by Crippen LogP contribution is 2.38. The molecule has 1 N–H and O–H groups in total. The van der Waals surface area contributed by atoms with E-state index in [1.54, 1.807) is 0 Å². The van der Waals surface area contributed by atoms with Crippen LogP contribution in [-0.4, -0.2) is 46.2 Å². The molecule has 3 atom stereocenters.